The number of nitrogens with two attached hydrogens (primary N) is 1. The molecular weight excluding hydrogens is 200 g/mol. The molecule has 0 aliphatic heterocycles. The number of aromatic nitrogens is 3. The standard InChI is InChI=1S/C9H11ClN4/c10-7-3-4-9-13-12-8(2-1-5-11)14(9)6-7/h3-4,6H,1-2,5,11H2. The number of rotatable bonds is 3. The van der Waals surface area contributed by atoms with Crippen molar-refractivity contribution < 1.29 is 0 Å². The minimum atomic E-state index is 0.662. The topological polar surface area (TPSA) is 56.2 Å². The first kappa shape index (κ1) is 9.43. The van der Waals surface area contributed by atoms with Gasteiger partial charge in [-0.05, 0) is 25.1 Å². The Labute approximate surface area is 86.7 Å². The third kappa shape index (κ3) is 1.71. The van der Waals surface area contributed by atoms with Gasteiger partial charge in [0.15, 0.2) is 5.65 Å². The highest BCUT2D eigenvalue weighted by atomic mass is 35.5. The Bertz CT molecular complexity index is 437. The van der Waals surface area contributed by atoms with Gasteiger partial charge in [0, 0.05) is 12.6 Å². The normalized spacial score (nSPS) is 11.0. The Morgan fingerprint density at radius 3 is 3.00 bits per heavy atom. The van der Waals surface area contributed by atoms with Crippen molar-refractivity contribution in [2.45, 2.75) is 12.8 Å². The lowest BCUT2D eigenvalue weighted by Gasteiger charge is -1.98. The van der Waals surface area contributed by atoms with Crippen LogP contribution in [0.5, 0.6) is 0 Å². The highest BCUT2D eigenvalue weighted by molar-refractivity contribution is 6.30. The van der Waals surface area contributed by atoms with E-state index in [0.29, 0.717) is 11.6 Å². The average Bonchev–Trinajstić information content (AvgIpc) is 2.57. The lowest BCUT2D eigenvalue weighted by atomic mass is 10.3. The summed E-state index contributed by atoms with van der Waals surface area (Å²) < 4.78 is 1.90. The molecule has 4 nitrogen and oxygen atoms in total. The third-order valence-electron chi connectivity index (χ3n) is 2.04. The first-order chi connectivity index (χ1) is 6.81. The maximum Gasteiger partial charge on any atom is 0.160 e. The molecule has 0 bridgehead atoms. The van der Waals surface area contributed by atoms with Gasteiger partial charge in [-0.1, -0.05) is 11.6 Å². The van der Waals surface area contributed by atoms with Gasteiger partial charge in [0.2, 0.25) is 0 Å². The van der Waals surface area contributed by atoms with Crippen molar-refractivity contribution >= 4 is 17.2 Å². The van der Waals surface area contributed by atoms with E-state index in [1.165, 1.54) is 0 Å². The molecule has 74 valence electrons. The van der Waals surface area contributed by atoms with Gasteiger partial charge in [-0.25, -0.2) is 0 Å². The van der Waals surface area contributed by atoms with E-state index in [0.717, 1.165) is 24.3 Å². The van der Waals surface area contributed by atoms with Crippen molar-refractivity contribution in [2.75, 3.05) is 6.54 Å². The van der Waals surface area contributed by atoms with Gasteiger partial charge in [0.1, 0.15) is 5.82 Å². The maximum absolute atomic E-state index is 5.88. The number of hydrogen-bond acceptors (Lipinski definition) is 3. The molecule has 2 heterocycles. The molecule has 2 rings (SSSR count). The van der Waals surface area contributed by atoms with Crippen LogP contribution >= 0.6 is 11.6 Å². The second kappa shape index (κ2) is 3.94. The molecule has 0 radical (unpaired) electrons. The zero-order valence-electron chi connectivity index (χ0n) is 7.65. The fraction of sp³-hybridized carbons (Fsp3) is 0.333. The molecule has 5 heteroatoms. The van der Waals surface area contributed by atoms with Crippen molar-refractivity contribution in [3.05, 3.63) is 29.2 Å². The second-order valence-electron chi connectivity index (χ2n) is 3.08. The summed E-state index contributed by atoms with van der Waals surface area (Å²) in [7, 11) is 0. The van der Waals surface area contributed by atoms with Crippen LogP contribution in [0.4, 0.5) is 0 Å². The summed E-state index contributed by atoms with van der Waals surface area (Å²) in [5.74, 6) is 0.910. The minimum absolute atomic E-state index is 0.662. The molecule has 14 heavy (non-hydrogen) atoms. The molecule has 0 atom stereocenters. The SMILES string of the molecule is NCCCc1nnc2ccc(Cl)cn12. The molecule has 2 N–H and O–H groups in total. The Balaban J connectivity index is 2.40. The monoisotopic (exact) mass is 210 g/mol. The fourth-order valence-corrected chi connectivity index (χ4v) is 1.50. The minimum Gasteiger partial charge on any atom is -0.330 e. The zero-order valence-corrected chi connectivity index (χ0v) is 8.41. The van der Waals surface area contributed by atoms with Gasteiger partial charge < -0.3 is 5.73 Å². The Morgan fingerprint density at radius 2 is 2.21 bits per heavy atom. The average molecular weight is 211 g/mol. The van der Waals surface area contributed by atoms with Crippen LogP contribution in [0.25, 0.3) is 5.65 Å². The van der Waals surface area contributed by atoms with Gasteiger partial charge in [-0.15, -0.1) is 10.2 Å². The van der Waals surface area contributed by atoms with Crippen LogP contribution in [0, 0.1) is 0 Å². The molecule has 0 saturated heterocycles. The number of halogens is 1. The van der Waals surface area contributed by atoms with Crippen LogP contribution in [0.15, 0.2) is 18.3 Å². The van der Waals surface area contributed by atoms with Crippen LogP contribution in [-0.2, 0) is 6.42 Å². The highest BCUT2D eigenvalue weighted by Gasteiger charge is 2.04. The van der Waals surface area contributed by atoms with Gasteiger partial charge in [-0.3, -0.25) is 4.40 Å². The lowest BCUT2D eigenvalue weighted by molar-refractivity contribution is 0.770. The van der Waals surface area contributed by atoms with Crippen LogP contribution in [0.1, 0.15) is 12.2 Å². The Hall–Kier alpha value is -1.13. The molecule has 0 fully saturated rings. The van der Waals surface area contributed by atoms with E-state index < -0.39 is 0 Å². The smallest absolute Gasteiger partial charge is 0.160 e. The van der Waals surface area contributed by atoms with E-state index in [4.69, 9.17) is 17.3 Å². The van der Waals surface area contributed by atoms with E-state index in [1.807, 2.05) is 16.7 Å². The summed E-state index contributed by atoms with van der Waals surface area (Å²) >= 11 is 5.88. The predicted octanol–water partition coefficient (Wildman–Crippen LogP) is 1.27. The van der Waals surface area contributed by atoms with Crippen molar-refractivity contribution in [3.8, 4) is 0 Å². The zero-order chi connectivity index (χ0) is 9.97. The summed E-state index contributed by atoms with van der Waals surface area (Å²) in [5, 5.41) is 8.79. The molecule has 0 aromatic carbocycles. The molecule has 0 unspecified atom stereocenters. The molecule has 2 aromatic rings. The predicted molar refractivity (Wildman–Crippen MR) is 55.4 cm³/mol. The summed E-state index contributed by atoms with van der Waals surface area (Å²) in [6.07, 6.45) is 3.56. The largest absolute Gasteiger partial charge is 0.330 e. The van der Waals surface area contributed by atoms with E-state index in [9.17, 15) is 0 Å². The number of pyridine rings is 1. The molecule has 2 aromatic heterocycles. The van der Waals surface area contributed by atoms with Crippen molar-refractivity contribution in [1.82, 2.24) is 14.6 Å². The molecule has 0 saturated carbocycles. The fourth-order valence-electron chi connectivity index (χ4n) is 1.34. The van der Waals surface area contributed by atoms with Crippen LogP contribution in [0.3, 0.4) is 0 Å². The summed E-state index contributed by atoms with van der Waals surface area (Å²) in [4.78, 5) is 0. The number of aryl methyl sites for hydroxylation is 1. The summed E-state index contributed by atoms with van der Waals surface area (Å²) in [6, 6.07) is 3.65. The van der Waals surface area contributed by atoms with Crippen LogP contribution < -0.4 is 5.73 Å². The van der Waals surface area contributed by atoms with Crippen molar-refractivity contribution in [3.63, 3.8) is 0 Å². The number of fused-ring (bicyclic) bond motifs is 1. The maximum atomic E-state index is 5.88. The second-order valence-corrected chi connectivity index (χ2v) is 3.52. The summed E-state index contributed by atoms with van der Waals surface area (Å²) in [6.45, 7) is 0.662. The quantitative estimate of drug-likeness (QED) is 0.830. The Morgan fingerprint density at radius 1 is 1.36 bits per heavy atom. The molecule has 0 amide bonds. The van der Waals surface area contributed by atoms with Crippen LogP contribution in [-0.4, -0.2) is 21.1 Å². The molecule has 0 spiro atoms. The number of hydrogen-bond donors (Lipinski definition) is 1. The van der Waals surface area contributed by atoms with Gasteiger partial charge in [0.05, 0.1) is 5.02 Å². The van der Waals surface area contributed by atoms with E-state index in [-0.39, 0.29) is 0 Å². The summed E-state index contributed by atoms with van der Waals surface area (Å²) in [5.41, 5.74) is 6.26. The van der Waals surface area contributed by atoms with E-state index in [2.05, 4.69) is 10.2 Å². The van der Waals surface area contributed by atoms with E-state index in [1.54, 1.807) is 6.07 Å². The number of nitrogens with zero attached hydrogens (tertiary/aromatic N) is 3. The highest BCUT2D eigenvalue weighted by Crippen LogP contribution is 2.11. The van der Waals surface area contributed by atoms with Gasteiger partial charge >= 0.3 is 0 Å². The van der Waals surface area contributed by atoms with Gasteiger partial charge in [0.25, 0.3) is 0 Å². The third-order valence-corrected chi connectivity index (χ3v) is 2.26. The van der Waals surface area contributed by atoms with Crippen molar-refractivity contribution in [1.29, 1.82) is 0 Å². The Kier molecular flexibility index (Phi) is 2.65. The molecule has 0 aliphatic rings. The van der Waals surface area contributed by atoms with Crippen LogP contribution in [0.2, 0.25) is 5.02 Å². The first-order valence-electron chi connectivity index (χ1n) is 4.50. The van der Waals surface area contributed by atoms with Gasteiger partial charge in [-0.2, -0.15) is 0 Å². The lowest BCUT2D eigenvalue weighted by Crippen LogP contribution is -2.03. The first-order valence-corrected chi connectivity index (χ1v) is 4.88. The molecular formula is C9H11ClN4. The van der Waals surface area contributed by atoms with E-state index >= 15 is 0 Å². The molecule has 0 aliphatic carbocycles. The van der Waals surface area contributed by atoms with Crippen molar-refractivity contribution in [2.24, 2.45) is 5.73 Å².